The molecule has 2 heterocycles. The van der Waals surface area contributed by atoms with Crippen LogP contribution in [0, 0.1) is 20.8 Å². The molecule has 5 nitrogen and oxygen atoms in total. The molecule has 0 aliphatic rings. The van der Waals surface area contributed by atoms with E-state index in [1.54, 1.807) is 0 Å². The number of aryl methyl sites for hydroxylation is 3. The highest BCUT2D eigenvalue weighted by molar-refractivity contribution is 7.99. The summed E-state index contributed by atoms with van der Waals surface area (Å²) in [6.45, 7) is 6.13. The van der Waals surface area contributed by atoms with E-state index in [4.69, 9.17) is 0 Å². The summed E-state index contributed by atoms with van der Waals surface area (Å²) >= 11 is 1.31. The molecule has 4 aromatic rings. The number of carbonyl (C=O) groups excluding carboxylic acids is 1. The number of rotatable bonds is 4. The quantitative estimate of drug-likeness (QED) is 0.430. The average molecular weight is 362 g/mol. The number of hydrogen-bond acceptors (Lipinski definition) is 5. The predicted molar refractivity (Wildman–Crippen MR) is 105 cm³/mol. The fourth-order valence-electron chi connectivity index (χ4n) is 3.03. The lowest BCUT2D eigenvalue weighted by Gasteiger charge is -2.01. The lowest BCUT2D eigenvalue weighted by atomic mass is 10.1. The van der Waals surface area contributed by atoms with Gasteiger partial charge in [0, 0.05) is 10.9 Å². The van der Waals surface area contributed by atoms with E-state index in [1.165, 1.54) is 17.3 Å². The number of thioether (sulfide) groups is 1. The van der Waals surface area contributed by atoms with E-state index in [-0.39, 0.29) is 11.5 Å². The molecule has 0 fully saturated rings. The first-order valence-electron chi connectivity index (χ1n) is 8.37. The molecule has 0 bridgehead atoms. The minimum Gasteiger partial charge on any atom is -0.337 e. The molecule has 0 radical (unpaired) electrons. The van der Waals surface area contributed by atoms with Gasteiger partial charge in [0.15, 0.2) is 11.4 Å². The maximum atomic E-state index is 12.3. The number of H-pyrrole nitrogens is 1. The van der Waals surface area contributed by atoms with Crippen LogP contribution in [0.4, 0.5) is 0 Å². The van der Waals surface area contributed by atoms with Crippen LogP contribution < -0.4 is 0 Å². The lowest BCUT2D eigenvalue weighted by Crippen LogP contribution is -2.03. The molecule has 1 N–H and O–H groups in total. The molecule has 2 aromatic heterocycles. The van der Waals surface area contributed by atoms with E-state index in [0.717, 1.165) is 27.5 Å². The summed E-state index contributed by atoms with van der Waals surface area (Å²) in [4.78, 5) is 20.2. The van der Waals surface area contributed by atoms with Crippen molar-refractivity contribution in [2.24, 2.45) is 0 Å². The normalized spacial score (nSPS) is 11.3. The molecule has 26 heavy (non-hydrogen) atoms. The maximum absolute atomic E-state index is 12.3. The average Bonchev–Trinajstić information content (AvgIpc) is 2.98. The van der Waals surface area contributed by atoms with Crippen molar-refractivity contribution in [2.45, 2.75) is 25.9 Å². The summed E-state index contributed by atoms with van der Waals surface area (Å²) in [5, 5.41) is 10.1. The Morgan fingerprint density at radius 1 is 1.04 bits per heavy atom. The highest BCUT2D eigenvalue weighted by atomic mass is 32.2. The van der Waals surface area contributed by atoms with E-state index < -0.39 is 0 Å². The molecule has 0 aliphatic heterocycles. The second kappa shape index (κ2) is 6.53. The zero-order valence-electron chi connectivity index (χ0n) is 14.8. The largest absolute Gasteiger partial charge is 0.337 e. The standard InChI is InChI=1S/C20H18N4OS/c1-11-4-6-14(7-5-11)16(25)10-26-20-22-19-18(23-24-20)15-9-12(2)8-13(3)17(15)21-19/h4-9H,10H2,1-3H3,(H,21,22,24). The van der Waals surface area contributed by atoms with E-state index in [1.807, 2.05) is 31.2 Å². The van der Waals surface area contributed by atoms with Gasteiger partial charge in [-0.25, -0.2) is 4.98 Å². The van der Waals surface area contributed by atoms with Gasteiger partial charge in [-0.3, -0.25) is 4.79 Å². The monoisotopic (exact) mass is 362 g/mol. The van der Waals surface area contributed by atoms with Gasteiger partial charge in [-0.15, -0.1) is 10.2 Å². The zero-order chi connectivity index (χ0) is 18.3. The summed E-state index contributed by atoms with van der Waals surface area (Å²) in [6.07, 6.45) is 0. The molecule has 0 amide bonds. The SMILES string of the molecule is Cc1ccc(C(=O)CSc2nnc3c(n2)[nH]c2c(C)cc(C)cc23)cc1. The predicted octanol–water partition coefficient (Wildman–Crippen LogP) is 4.41. The molecule has 2 aromatic carbocycles. The van der Waals surface area contributed by atoms with Crippen LogP contribution in [0.3, 0.4) is 0 Å². The van der Waals surface area contributed by atoms with Crippen LogP contribution in [-0.4, -0.2) is 31.7 Å². The van der Waals surface area contributed by atoms with Gasteiger partial charge in [0.2, 0.25) is 5.16 Å². The number of nitrogens with zero attached hydrogens (tertiary/aromatic N) is 3. The highest BCUT2D eigenvalue weighted by Crippen LogP contribution is 2.27. The Morgan fingerprint density at radius 3 is 2.58 bits per heavy atom. The molecule has 0 saturated carbocycles. The number of carbonyl (C=O) groups is 1. The summed E-state index contributed by atoms with van der Waals surface area (Å²) in [5.41, 5.74) is 6.68. The number of benzene rings is 2. The van der Waals surface area contributed by atoms with Crippen LogP contribution in [-0.2, 0) is 0 Å². The van der Waals surface area contributed by atoms with Crippen molar-refractivity contribution < 1.29 is 4.79 Å². The third kappa shape index (κ3) is 3.08. The van der Waals surface area contributed by atoms with Crippen LogP contribution in [0.15, 0.2) is 41.6 Å². The number of ketones is 1. The lowest BCUT2D eigenvalue weighted by molar-refractivity contribution is 0.102. The number of nitrogens with one attached hydrogen (secondary N) is 1. The summed E-state index contributed by atoms with van der Waals surface area (Å²) in [6, 6.07) is 11.8. The first-order chi connectivity index (χ1) is 12.5. The van der Waals surface area contributed by atoms with Gasteiger partial charge >= 0.3 is 0 Å². The molecule has 0 atom stereocenters. The van der Waals surface area contributed by atoms with E-state index >= 15 is 0 Å². The molecule has 130 valence electrons. The Morgan fingerprint density at radius 2 is 1.81 bits per heavy atom. The third-order valence-electron chi connectivity index (χ3n) is 4.35. The molecular weight excluding hydrogens is 344 g/mol. The molecule has 4 rings (SSSR count). The minimum atomic E-state index is 0.0572. The van der Waals surface area contributed by atoms with Gasteiger partial charge in [-0.1, -0.05) is 53.2 Å². The zero-order valence-corrected chi connectivity index (χ0v) is 15.6. The summed E-state index contributed by atoms with van der Waals surface area (Å²) in [5.74, 6) is 0.344. The van der Waals surface area contributed by atoms with Crippen molar-refractivity contribution >= 4 is 39.6 Å². The van der Waals surface area contributed by atoms with Crippen molar-refractivity contribution in [1.29, 1.82) is 0 Å². The van der Waals surface area contributed by atoms with Crippen LogP contribution in [0.2, 0.25) is 0 Å². The second-order valence-corrected chi connectivity index (χ2v) is 7.44. The smallest absolute Gasteiger partial charge is 0.211 e. The van der Waals surface area contributed by atoms with Crippen molar-refractivity contribution in [1.82, 2.24) is 20.2 Å². The fourth-order valence-corrected chi connectivity index (χ4v) is 3.71. The van der Waals surface area contributed by atoms with Crippen LogP contribution in [0.5, 0.6) is 0 Å². The first kappa shape index (κ1) is 16.7. The van der Waals surface area contributed by atoms with Crippen molar-refractivity contribution in [2.75, 3.05) is 5.75 Å². The number of fused-ring (bicyclic) bond motifs is 3. The van der Waals surface area contributed by atoms with E-state index in [2.05, 4.69) is 46.1 Å². The van der Waals surface area contributed by atoms with Gasteiger partial charge in [-0.05, 0) is 32.4 Å². The number of hydrogen-bond donors (Lipinski definition) is 1. The third-order valence-corrected chi connectivity index (χ3v) is 5.19. The highest BCUT2D eigenvalue weighted by Gasteiger charge is 2.13. The second-order valence-electron chi connectivity index (χ2n) is 6.50. The van der Waals surface area contributed by atoms with Crippen molar-refractivity contribution in [3.05, 3.63) is 58.7 Å². The topological polar surface area (TPSA) is 71.5 Å². The fraction of sp³-hybridized carbons (Fsp3) is 0.200. The Kier molecular flexibility index (Phi) is 4.20. The van der Waals surface area contributed by atoms with Gasteiger partial charge in [0.05, 0.1) is 11.3 Å². The van der Waals surface area contributed by atoms with Gasteiger partial charge in [-0.2, -0.15) is 0 Å². The number of aromatic amines is 1. The van der Waals surface area contributed by atoms with Gasteiger partial charge in [0.1, 0.15) is 5.52 Å². The summed E-state index contributed by atoms with van der Waals surface area (Å²) in [7, 11) is 0. The number of aromatic nitrogens is 4. The Balaban J connectivity index is 1.59. The van der Waals surface area contributed by atoms with E-state index in [0.29, 0.717) is 16.4 Å². The molecule has 0 spiro atoms. The van der Waals surface area contributed by atoms with E-state index in [9.17, 15) is 4.79 Å². The minimum absolute atomic E-state index is 0.0572. The van der Waals surface area contributed by atoms with Gasteiger partial charge < -0.3 is 4.98 Å². The first-order valence-corrected chi connectivity index (χ1v) is 9.36. The number of Topliss-reactive ketones (excluding diaryl/α,β-unsaturated/α-hetero) is 1. The van der Waals surface area contributed by atoms with Crippen molar-refractivity contribution in [3.8, 4) is 0 Å². The van der Waals surface area contributed by atoms with Crippen molar-refractivity contribution in [3.63, 3.8) is 0 Å². The molecular formula is C20H18N4OS. The Bertz CT molecular complexity index is 1130. The molecule has 6 heteroatoms. The van der Waals surface area contributed by atoms with Crippen LogP contribution in [0.1, 0.15) is 27.0 Å². The van der Waals surface area contributed by atoms with Crippen LogP contribution in [0.25, 0.3) is 22.1 Å². The Hall–Kier alpha value is -2.73. The molecule has 0 unspecified atom stereocenters. The Labute approximate surface area is 155 Å². The van der Waals surface area contributed by atoms with Gasteiger partial charge in [0.25, 0.3) is 0 Å². The summed E-state index contributed by atoms with van der Waals surface area (Å²) < 4.78 is 0. The van der Waals surface area contributed by atoms with Crippen LogP contribution >= 0.6 is 11.8 Å². The molecule has 0 saturated heterocycles. The maximum Gasteiger partial charge on any atom is 0.211 e. The molecule has 0 aliphatic carbocycles.